The highest BCUT2D eigenvalue weighted by Crippen LogP contribution is 2.34. The van der Waals surface area contributed by atoms with E-state index in [0.717, 1.165) is 17.5 Å². The number of hydrogen-bond acceptors (Lipinski definition) is 6. The molecule has 6 nitrogen and oxygen atoms in total. The zero-order chi connectivity index (χ0) is 27.1. The monoisotopic (exact) mass is 551 g/mol. The second-order valence-corrected chi connectivity index (χ2v) is 11.0. The van der Waals surface area contributed by atoms with Crippen LogP contribution in [0.25, 0.3) is 6.08 Å². The summed E-state index contributed by atoms with van der Waals surface area (Å²) in [5, 5.41) is 0.135. The van der Waals surface area contributed by atoms with Gasteiger partial charge in [-0.15, -0.1) is 0 Å². The number of ether oxygens (including phenoxy) is 3. The summed E-state index contributed by atoms with van der Waals surface area (Å²) < 4.78 is 17.4. The second kappa shape index (κ2) is 12.4. The number of halogens is 1. The molecule has 0 aliphatic carbocycles. The number of benzene rings is 3. The number of para-hydroxylation sites is 2. The van der Waals surface area contributed by atoms with Crippen molar-refractivity contribution in [3.63, 3.8) is 0 Å². The van der Waals surface area contributed by atoms with Crippen LogP contribution < -0.4 is 14.2 Å². The number of amides is 2. The van der Waals surface area contributed by atoms with Gasteiger partial charge in [0.05, 0.1) is 16.5 Å². The molecule has 2 amide bonds. The summed E-state index contributed by atoms with van der Waals surface area (Å²) in [6.07, 6.45) is 1.68. The van der Waals surface area contributed by atoms with E-state index >= 15 is 0 Å². The van der Waals surface area contributed by atoms with Crippen molar-refractivity contribution in [3.8, 4) is 17.2 Å². The second-order valence-electron chi connectivity index (χ2n) is 9.62. The van der Waals surface area contributed by atoms with Gasteiger partial charge in [0, 0.05) is 5.56 Å². The lowest BCUT2D eigenvalue weighted by Gasteiger charge is -2.19. The van der Waals surface area contributed by atoms with Gasteiger partial charge < -0.3 is 14.2 Å². The third kappa shape index (κ3) is 7.11. The summed E-state index contributed by atoms with van der Waals surface area (Å²) in [6.45, 7) is 7.48. The van der Waals surface area contributed by atoms with Crippen molar-refractivity contribution < 1.29 is 23.8 Å². The highest BCUT2D eigenvalue weighted by molar-refractivity contribution is 8.18. The number of rotatable bonds is 10. The molecule has 3 aromatic rings. The lowest BCUT2D eigenvalue weighted by Crippen LogP contribution is -2.32. The quantitative estimate of drug-likeness (QED) is 0.196. The number of nitrogens with zero attached hydrogens (tertiary/aromatic N) is 1. The van der Waals surface area contributed by atoms with Crippen LogP contribution in [0.1, 0.15) is 31.9 Å². The van der Waals surface area contributed by atoms with E-state index in [1.807, 2.05) is 36.4 Å². The van der Waals surface area contributed by atoms with Gasteiger partial charge in [-0.1, -0.05) is 74.8 Å². The Morgan fingerprint density at radius 2 is 1.45 bits per heavy atom. The predicted octanol–water partition coefficient (Wildman–Crippen LogP) is 7.21. The number of imide groups is 1. The molecule has 0 bridgehead atoms. The molecular formula is C30H30ClNO5S. The molecule has 8 heteroatoms. The Morgan fingerprint density at radius 3 is 2.16 bits per heavy atom. The summed E-state index contributed by atoms with van der Waals surface area (Å²) in [5.41, 5.74) is 2.04. The van der Waals surface area contributed by atoms with Crippen LogP contribution in [0.4, 0.5) is 4.79 Å². The summed E-state index contributed by atoms with van der Waals surface area (Å²) >= 11 is 7.00. The molecule has 1 heterocycles. The van der Waals surface area contributed by atoms with Crippen molar-refractivity contribution in [3.05, 3.63) is 93.9 Å². The van der Waals surface area contributed by atoms with Gasteiger partial charge in [-0.3, -0.25) is 14.5 Å². The minimum atomic E-state index is -0.361. The fourth-order valence-corrected chi connectivity index (χ4v) is 4.78. The van der Waals surface area contributed by atoms with Crippen molar-refractivity contribution in [2.75, 3.05) is 26.4 Å². The molecule has 1 aliphatic rings. The van der Waals surface area contributed by atoms with Crippen molar-refractivity contribution in [2.24, 2.45) is 0 Å². The van der Waals surface area contributed by atoms with Gasteiger partial charge in [0.2, 0.25) is 0 Å². The van der Waals surface area contributed by atoms with E-state index < -0.39 is 0 Å². The van der Waals surface area contributed by atoms with Crippen LogP contribution in [-0.2, 0) is 10.2 Å². The molecule has 0 radical (unpaired) electrons. The van der Waals surface area contributed by atoms with Crippen LogP contribution in [0.3, 0.4) is 0 Å². The first-order valence-electron chi connectivity index (χ1n) is 12.3. The molecule has 38 heavy (non-hydrogen) atoms. The van der Waals surface area contributed by atoms with E-state index in [1.165, 1.54) is 10.5 Å². The highest BCUT2D eigenvalue weighted by Gasteiger charge is 2.35. The van der Waals surface area contributed by atoms with E-state index in [0.29, 0.717) is 40.2 Å². The molecule has 0 spiro atoms. The Labute approximate surface area is 232 Å². The summed E-state index contributed by atoms with van der Waals surface area (Å²) in [4.78, 5) is 26.9. The fourth-order valence-electron chi connectivity index (χ4n) is 3.74. The number of carbonyl (C=O) groups excluding carboxylic acids is 2. The lowest BCUT2D eigenvalue weighted by atomic mass is 9.87. The van der Waals surface area contributed by atoms with Crippen LogP contribution in [0.2, 0.25) is 5.02 Å². The molecular weight excluding hydrogens is 522 g/mol. The lowest BCUT2D eigenvalue weighted by molar-refractivity contribution is -0.123. The molecule has 1 fully saturated rings. The van der Waals surface area contributed by atoms with Crippen LogP contribution in [0.15, 0.2) is 77.7 Å². The topological polar surface area (TPSA) is 65.1 Å². The minimum absolute atomic E-state index is 0.0880. The van der Waals surface area contributed by atoms with Gasteiger partial charge in [-0.2, -0.15) is 0 Å². The van der Waals surface area contributed by atoms with Crippen LogP contribution in [0, 0.1) is 0 Å². The summed E-state index contributed by atoms with van der Waals surface area (Å²) in [5.74, 6) is 1.53. The maximum Gasteiger partial charge on any atom is 0.293 e. The molecule has 4 rings (SSSR count). The first-order chi connectivity index (χ1) is 18.2. The SMILES string of the molecule is CC(C)(C)c1ccc(OCCOc2ccccc2/C=C2\SC(=O)N(CCOc3ccccc3Cl)C2=O)cc1. The van der Waals surface area contributed by atoms with Gasteiger partial charge in [0.1, 0.15) is 37.1 Å². The van der Waals surface area contributed by atoms with E-state index in [2.05, 4.69) is 32.9 Å². The molecule has 1 saturated heterocycles. The third-order valence-electron chi connectivity index (χ3n) is 5.82. The van der Waals surface area contributed by atoms with E-state index in [9.17, 15) is 9.59 Å². The first-order valence-corrected chi connectivity index (χ1v) is 13.5. The number of carbonyl (C=O) groups is 2. The molecule has 0 aromatic heterocycles. The van der Waals surface area contributed by atoms with E-state index in [-0.39, 0.29) is 29.7 Å². The maximum absolute atomic E-state index is 12.9. The average molecular weight is 552 g/mol. The molecule has 0 saturated carbocycles. The third-order valence-corrected chi connectivity index (χ3v) is 7.04. The Morgan fingerprint density at radius 1 is 0.816 bits per heavy atom. The normalized spacial score (nSPS) is 14.7. The standard InChI is InChI=1S/C30H30ClNO5S/c1-30(2,3)22-12-14-23(15-13-22)35-18-19-37-25-10-6-4-8-21(25)20-27-28(33)32(29(34)38-27)16-17-36-26-11-7-5-9-24(26)31/h4-15,20H,16-19H2,1-3H3/b27-20-. The van der Waals surface area contributed by atoms with Gasteiger partial charge in [0.15, 0.2) is 0 Å². The van der Waals surface area contributed by atoms with Gasteiger partial charge in [0.25, 0.3) is 11.1 Å². The fraction of sp³-hybridized carbons (Fsp3) is 0.267. The Bertz CT molecular complexity index is 1320. The van der Waals surface area contributed by atoms with Crippen LogP contribution in [0.5, 0.6) is 17.2 Å². The highest BCUT2D eigenvalue weighted by atomic mass is 35.5. The molecule has 1 aliphatic heterocycles. The van der Waals surface area contributed by atoms with E-state index in [1.54, 1.807) is 30.3 Å². The zero-order valence-electron chi connectivity index (χ0n) is 21.6. The zero-order valence-corrected chi connectivity index (χ0v) is 23.2. The predicted molar refractivity (Wildman–Crippen MR) is 152 cm³/mol. The molecule has 0 unspecified atom stereocenters. The Hall–Kier alpha value is -3.42. The maximum atomic E-state index is 12.9. The van der Waals surface area contributed by atoms with Crippen molar-refractivity contribution in [2.45, 2.75) is 26.2 Å². The number of hydrogen-bond donors (Lipinski definition) is 0. The van der Waals surface area contributed by atoms with Gasteiger partial charge in [-0.05, 0) is 59.1 Å². The smallest absolute Gasteiger partial charge is 0.293 e. The summed E-state index contributed by atoms with van der Waals surface area (Å²) in [7, 11) is 0. The molecule has 0 N–H and O–H groups in total. The van der Waals surface area contributed by atoms with Crippen molar-refractivity contribution in [1.29, 1.82) is 0 Å². The molecule has 198 valence electrons. The van der Waals surface area contributed by atoms with Gasteiger partial charge >= 0.3 is 0 Å². The van der Waals surface area contributed by atoms with E-state index in [4.69, 9.17) is 25.8 Å². The molecule has 3 aromatic carbocycles. The van der Waals surface area contributed by atoms with Crippen molar-refractivity contribution >= 4 is 40.6 Å². The van der Waals surface area contributed by atoms with Crippen LogP contribution in [-0.4, -0.2) is 42.4 Å². The Kier molecular flexibility index (Phi) is 9.02. The minimum Gasteiger partial charge on any atom is -0.490 e. The first kappa shape index (κ1) is 27.6. The van der Waals surface area contributed by atoms with Crippen LogP contribution >= 0.6 is 23.4 Å². The molecule has 0 atom stereocenters. The summed E-state index contributed by atoms with van der Waals surface area (Å²) in [6, 6.07) is 22.5. The Balaban J connectivity index is 1.32. The van der Waals surface area contributed by atoms with Gasteiger partial charge in [-0.25, -0.2) is 0 Å². The number of thioether (sulfide) groups is 1. The average Bonchev–Trinajstić information content (AvgIpc) is 3.15. The van der Waals surface area contributed by atoms with Crippen molar-refractivity contribution in [1.82, 2.24) is 4.90 Å². The largest absolute Gasteiger partial charge is 0.490 e.